The minimum absolute atomic E-state index is 0.00749. The second-order valence-electron chi connectivity index (χ2n) is 22.8. The van der Waals surface area contributed by atoms with E-state index < -0.39 is 0 Å². The first-order valence-electron chi connectivity index (χ1n) is 32.8. The van der Waals surface area contributed by atoms with Crippen molar-refractivity contribution in [1.82, 2.24) is 0 Å². The van der Waals surface area contributed by atoms with Crippen LogP contribution < -0.4 is 0 Å². The van der Waals surface area contributed by atoms with Crippen molar-refractivity contribution < 1.29 is 19.1 Å². The van der Waals surface area contributed by atoms with Crippen molar-refractivity contribution in [1.29, 1.82) is 0 Å². The molecule has 0 bridgehead atoms. The van der Waals surface area contributed by atoms with Crippen molar-refractivity contribution in [3.05, 3.63) is 0 Å². The van der Waals surface area contributed by atoms with E-state index >= 15 is 0 Å². The van der Waals surface area contributed by atoms with E-state index in [9.17, 15) is 14.4 Å². The Bertz CT molecular complexity index is 1020. The third kappa shape index (κ3) is 61.1. The average molecular weight is 986 g/mol. The third-order valence-corrected chi connectivity index (χ3v) is 15.6. The average Bonchev–Trinajstić information content (AvgIpc) is 3.36. The number of unbranched alkanes of at least 4 members (excludes halogenated alkanes) is 51. The maximum atomic E-state index is 12.3. The molecule has 0 saturated heterocycles. The van der Waals surface area contributed by atoms with Crippen molar-refractivity contribution in [3.8, 4) is 0 Å². The minimum atomic E-state index is -0.00749. The smallest absolute Gasteiger partial charge is 0.305 e. The molecular formula is C66H128O4. The number of esters is 1. The number of ether oxygens (including phenoxy) is 1. The van der Waals surface area contributed by atoms with E-state index in [1.807, 2.05) is 0 Å². The van der Waals surface area contributed by atoms with Gasteiger partial charge in [-0.3, -0.25) is 14.4 Å². The number of carbonyl (C=O) groups is 3. The molecule has 0 aliphatic carbocycles. The highest BCUT2D eigenvalue weighted by atomic mass is 16.5. The van der Waals surface area contributed by atoms with E-state index in [4.69, 9.17) is 4.74 Å². The molecule has 416 valence electrons. The van der Waals surface area contributed by atoms with Crippen LogP contribution in [-0.2, 0) is 19.1 Å². The number of Topliss-reactive ketones (excluding diaryl/α,β-unsaturated/α-hetero) is 2. The van der Waals surface area contributed by atoms with Crippen LogP contribution in [0.2, 0.25) is 0 Å². The molecule has 0 aromatic rings. The van der Waals surface area contributed by atoms with Gasteiger partial charge in [-0.2, -0.15) is 0 Å². The van der Waals surface area contributed by atoms with E-state index in [1.165, 1.54) is 308 Å². The van der Waals surface area contributed by atoms with Crippen LogP contribution in [0.4, 0.5) is 0 Å². The first-order chi connectivity index (χ1) is 34.6. The van der Waals surface area contributed by atoms with Gasteiger partial charge in [-0.25, -0.2) is 0 Å². The largest absolute Gasteiger partial charge is 0.466 e. The number of hydrogen-bond donors (Lipinski definition) is 0. The van der Waals surface area contributed by atoms with Crippen LogP contribution in [0.5, 0.6) is 0 Å². The second kappa shape index (κ2) is 62.1. The lowest BCUT2D eigenvalue weighted by atomic mass is 10.0. The van der Waals surface area contributed by atoms with Gasteiger partial charge in [0.25, 0.3) is 0 Å². The predicted octanol–water partition coefficient (Wildman–Crippen LogP) is 23.1. The SMILES string of the molecule is CCCCCCCCCCCCCCCCCCCC(=O)CCCCCCCCCCCCCCOC(=O)CCCCCCCCCCCC(=O)CCCCCCCCCCCCCCCCCCC. The maximum Gasteiger partial charge on any atom is 0.305 e. The lowest BCUT2D eigenvalue weighted by Crippen LogP contribution is -2.05. The number of rotatable bonds is 63. The van der Waals surface area contributed by atoms with Gasteiger partial charge in [0.05, 0.1) is 6.61 Å². The molecule has 0 aromatic carbocycles. The highest BCUT2D eigenvalue weighted by Crippen LogP contribution is 2.19. The zero-order valence-electron chi connectivity index (χ0n) is 48.3. The lowest BCUT2D eigenvalue weighted by Gasteiger charge is -2.06. The Morgan fingerprint density at radius 1 is 0.200 bits per heavy atom. The minimum Gasteiger partial charge on any atom is -0.466 e. The molecule has 0 unspecified atom stereocenters. The van der Waals surface area contributed by atoms with Crippen molar-refractivity contribution in [2.24, 2.45) is 0 Å². The van der Waals surface area contributed by atoms with E-state index in [0.717, 1.165) is 70.6 Å². The predicted molar refractivity (Wildman–Crippen MR) is 309 cm³/mol. The van der Waals surface area contributed by atoms with Gasteiger partial charge < -0.3 is 4.74 Å². The molecule has 4 heteroatoms. The van der Waals surface area contributed by atoms with Gasteiger partial charge in [0.2, 0.25) is 0 Å². The Kier molecular flexibility index (Phi) is 61.1. The zero-order chi connectivity index (χ0) is 50.6. The molecule has 0 aliphatic rings. The number of hydrogen-bond acceptors (Lipinski definition) is 4. The van der Waals surface area contributed by atoms with Crippen LogP contribution in [0.3, 0.4) is 0 Å². The fourth-order valence-corrected chi connectivity index (χ4v) is 10.6. The molecule has 70 heavy (non-hydrogen) atoms. The van der Waals surface area contributed by atoms with E-state index in [2.05, 4.69) is 13.8 Å². The molecule has 0 rings (SSSR count). The summed E-state index contributed by atoms with van der Waals surface area (Å²) in [6, 6.07) is 0. The molecule has 0 spiro atoms. The molecule has 0 aromatic heterocycles. The molecule has 0 saturated carbocycles. The van der Waals surface area contributed by atoms with Gasteiger partial charge in [0.1, 0.15) is 11.6 Å². The van der Waals surface area contributed by atoms with Crippen molar-refractivity contribution in [2.45, 2.75) is 399 Å². The van der Waals surface area contributed by atoms with Gasteiger partial charge in [-0.1, -0.05) is 328 Å². The fraction of sp³-hybridized carbons (Fsp3) is 0.955. The van der Waals surface area contributed by atoms with Gasteiger partial charge in [0, 0.05) is 32.1 Å². The Morgan fingerprint density at radius 3 is 0.557 bits per heavy atom. The summed E-state index contributed by atoms with van der Waals surface area (Å²) in [7, 11) is 0. The lowest BCUT2D eigenvalue weighted by molar-refractivity contribution is -0.144. The summed E-state index contributed by atoms with van der Waals surface area (Å²) >= 11 is 0. The van der Waals surface area contributed by atoms with E-state index in [0.29, 0.717) is 24.6 Å². The normalized spacial score (nSPS) is 11.5. The van der Waals surface area contributed by atoms with Crippen molar-refractivity contribution in [3.63, 3.8) is 0 Å². The van der Waals surface area contributed by atoms with Crippen molar-refractivity contribution >= 4 is 17.5 Å². The quantitative estimate of drug-likeness (QED) is 0.0450. The van der Waals surface area contributed by atoms with Gasteiger partial charge in [0.15, 0.2) is 0 Å². The summed E-state index contributed by atoms with van der Waals surface area (Å²) in [6.07, 6.45) is 76.6. The maximum absolute atomic E-state index is 12.3. The summed E-state index contributed by atoms with van der Waals surface area (Å²) in [4.78, 5) is 36.7. The highest BCUT2D eigenvalue weighted by Gasteiger charge is 2.06. The first kappa shape index (κ1) is 68.8. The Morgan fingerprint density at radius 2 is 0.357 bits per heavy atom. The molecule has 0 atom stereocenters. The van der Waals surface area contributed by atoms with Crippen LogP contribution in [0.25, 0.3) is 0 Å². The monoisotopic (exact) mass is 985 g/mol. The zero-order valence-corrected chi connectivity index (χ0v) is 48.3. The first-order valence-corrected chi connectivity index (χ1v) is 32.8. The van der Waals surface area contributed by atoms with E-state index in [1.54, 1.807) is 0 Å². The molecule has 0 heterocycles. The Balaban J connectivity index is 3.25. The topological polar surface area (TPSA) is 60.4 Å². The molecule has 4 nitrogen and oxygen atoms in total. The summed E-state index contributed by atoms with van der Waals surface area (Å²) in [5.74, 6) is 0.988. The molecule has 0 aliphatic heterocycles. The van der Waals surface area contributed by atoms with Crippen LogP contribution in [-0.4, -0.2) is 24.1 Å². The fourth-order valence-electron chi connectivity index (χ4n) is 10.6. The molecular weight excluding hydrogens is 857 g/mol. The van der Waals surface area contributed by atoms with Crippen LogP contribution >= 0.6 is 0 Å². The van der Waals surface area contributed by atoms with Crippen LogP contribution in [0, 0.1) is 0 Å². The van der Waals surface area contributed by atoms with Crippen molar-refractivity contribution in [2.75, 3.05) is 6.61 Å². The Hall–Kier alpha value is -1.19. The Labute approximate surface area is 440 Å². The van der Waals surface area contributed by atoms with Gasteiger partial charge in [-0.05, 0) is 38.5 Å². The van der Waals surface area contributed by atoms with E-state index in [-0.39, 0.29) is 5.97 Å². The second-order valence-corrected chi connectivity index (χ2v) is 22.8. The number of ketones is 2. The summed E-state index contributed by atoms with van der Waals surface area (Å²) < 4.78 is 5.50. The van der Waals surface area contributed by atoms with Crippen LogP contribution in [0.1, 0.15) is 399 Å². The van der Waals surface area contributed by atoms with Crippen LogP contribution in [0.15, 0.2) is 0 Å². The number of carbonyl (C=O) groups excluding carboxylic acids is 3. The summed E-state index contributed by atoms with van der Waals surface area (Å²) in [5.41, 5.74) is 0. The summed E-state index contributed by atoms with van der Waals surface area (Å²) in [6.45, 7) is 5.18. The molecule has 0 amide bonds. The van der Waals surface area contributed by atoms with Gasteiger partial charge in [-0.15, -0.1) is 0 Å². The molecule has 0 N–H and O–H groups in total. The molecule has 0 fully saturated rings. The van der Waals surface area contributed by atoms with Gasteiger partial charge >= 0.3 is 5.97 Å². The molecule has 0 radical (unpaired) electrons. The third-order valence-electron chi connectivity index (χ3n) is 15.6. The summed E-state index contributed by atoms with van der Waals surface area (Å²) in [5, 5.41) is 0. The highest BCUT2D eigenvalue weighted by molar-refractivity contribution is 5.78. The standard InChI is InChI=1S/C66H128O4/c1-3-5-7-9-11-13-15-17-19-21-23-25-29-34-40-46-52-58-64(67)59-54-48-42-36-31-27-28-32-39-45-51-57-63-70-66(69)62-56-50-44-38-33-37-43-49-55-61-65(68)60-53-47-41-35-30-26-24-22-20-18-16-14-12-10-8-6-4-2/h3-63H2,1-2H3.